The van der Waals surface area contributed by atoms with Gasteiger partial charge in [0.25, 0.3) is 5.89 Å². The van der Waals surface area contributed by atoms with Gasteiger partial charge in [0.1, 0.15) is 23.1 Å². The third-order valence-electron chi connectivity index (χ3n) is 3.68. The van der Waals surface area contributed by atoms with E-state index >= 15 is 0 Å². The number of carbonyl (C=O) groups excluding carboxylic acids is 1. The van der Waals surface area contributed by atoms with Crippen molar-refractivity contribution in [3.63, 3.8) is 0 Å². The molecule has 3 aromatic rings. The zero-order valence-corrected chi connectivity index (χ0v) is 15.7. The van der Waals surface area contributed by atoms with Gasteiger partial charge in [-0.15, -0.1) is 0 Å². The molecule has 0 bridgehead atoms. The van der Waals surface area contributed by atoms with E-state index in [0.717, 1.165) is 5.75 Å². The fraction of sp³-hybridized carbons (Fsp3) is 0.250. The van der Waals surface area contributed by atoms with Crippen LogP contribution >= 0.6 is 0 Å². The Bertz CT molecular complexity index is 911. The summed E-state index contributed by atoms with van der Waals surface area (Å²) in [7, 11) is 1.58. The second-order valence-corrected chi connectivity index (χ2v) is 5.78. The van der Waals surface area contributed by atoms with Crippen LogP contribution in [0.2, 0.25) is 0 Å². The summed E-state index contributed by atoms with van der Waals surface area (Å²) in [6.07, 6.45) is 0.0701. The number of carbonyl (C=O) groups is 1. The molecule has 2 aromatic carbocycles. The number of hydrogen-bond donors (Lipinski definition) is 0. The molecule has 0 aliphatic rings. The molecule has 1 aromatic heterocycles. The molecule has 8 nitrogen and oxygen atoms in total. The van der Waals surface area contributed by atoms with E-state index in [0.29, 0.717) is 11.5 Å². The Morgan fingerprint density at radius 2 is 1.62 bits per heavy atom. The van der Waals surface area contributed by atoms with Crippen molar-refractivity contribution in [2.75, 3.05) is 13.7 Å². The van der Waals surface area contributed by atoms with Crippen LogP contribution in [-0.2, 0) is 22.7 Å². The Labute approximate surface area is 166 Å². The van der Waals surface area contributed by atoms with Crippen LogP contribution in [-0.4, -0.2) is 29.8 Å². The minimum atomic E-state index is -0.458. The maximum atomic E-state index is 12.8. The van der Waals surface area contributed by atoms with Crippen LogP contribution < -0.4 is 14.2 Å². The molecule has 0 saturated carbocycles. The summed E-state index contributed by atoms with van der Waals surface area (Å²) < 4.78 is 38.9. The van der Waals surface area contributed by atoms with E-state index in [-0.39, 0.29) is 43.8 Å². The second kappa shape index (κ2) is 10.1. The molecule has 0 atom stereocenters. The summed E-state index contributed by atoms with van der Waals surface area (Å²) in [5.41, 5.74) is 0. The Hall–Kier alpha value is -3.62. The van der Waals surface area contributed by atoms with Crippen LogP contribution in [0.15, 0.2) is 53.1 Å². The zero-order valence-electron chi connectivity index (χ0n) is 15.7. The Morgan fingerprint density at radius 3 is 2.34 bits per heavy atom. The third kappa shape index (κ3) is 6.49. The first-order chi connectivity index (χ1) is 14.1. The van der Waals surface area contributed by atoms with Gasteiger partial charge in [-0.2, -0.15) is 4.98 Å². The lowest BCUT2D eigenvalue weighted by atomic mass is 10.3. The van der Waals surface area contributed by atoms with Gasteiger partial charge in [-0.1, -0.05) is 5.16 Å². The van der Waals surface area contributed by atoms with Crippen LogP contribution in [0.3, 0.4) is 0 Å². The number of esters is 1. The smallest absolute Gasteiger partial charge is 0.309 e. The number of halogens is 1. The molecule has 0 radical (unpaired) electrons. The molecule has 0 spiro atoms. The minimum Gasteiger partial charge on any atom is -0.497 e. The number of rotatable bonds is 10. The lowest BCUT2D eigenvalue weighted by Crippen LogP contribution is -2.10. The molecule has 0 aliphatic heterocycles. The van der Waals surface area contributed by atoms with E-state index in [9.17, 15) is 9.18 Å². The number of nitrogens with zero attached hydrogens (tertiary/aromatic N) is 2. The molecule has 0 unspecified atom stereocenters. The summed E-state index contributed by atoms with van der Waals surface area (Å²) in [5.74, 6) is 1.44. The maximum Gasteiger partial charge on any atom is 0.309 e. The van der Waals surface area contributed by atoms with Gasteiger partial charge in [0.15, 0.2) is 13.2 Å². The molecule has 0 fully saturated rings. The molecule has 9 heteroatoms. The van der Waals surface area contributed by atoms with Crippen molar-refractivity contribution in [2.24, 2.45) is 0 Å². The van der Waals surface area contributed by atoms with Crippen LogP contribution in [0.1, 0.15) is 18.1 Å². The first kappa shape index (κ1) is 20.1. The van der Waals surface area contributed by atoms with Crippen LogP contribution in [0.5, 0.6) is 17.2 Å². The van der Waals surface area contributed by atoms with E-state index in [1.165, 1.54) is 24.3 Å². The highest BCUT2D eigenvalue weighted by molar-refractivity contribution is 5.69. The summed E-state index contributed by atoms with van der Waals surface area (Å²) >= 11 is 0. The fourth-order valence-electron chi connectivity index (χ4n) is 2.22. The van der Waals surface area contributed by atoms with Crippen LogP contribution in [0, 0.1) is 5.82 Å². The van der Waals surface area contributed by atoms with Gasteiger partial charge >= 0.3 is 5.97 Å². The van der Waals surface area contributed by atoms with Crippen LogP contribution in [0.4, 0.5) is 4.39 Å². The molecule has 0 aliphatic carbocycles. The number of aromatic nitrogens is 2. The van der Waals surface area contributed by atoms with E-state index in [4.69, 9.17) is 23.5 Å². The average molecular weight is 402 g/mol. The quantitative estimate of drug-likeness (QED) is 0.477. The molecule has 3 rings (SSSR count). The monoisotopic (exact) mass is 402 g/mol. The molecule has 0 amide bonds. The van der Waals surface area contributed by atoms with E-state index in [2.05, 4.69) is 10.1 Å². The highest BCUT2D eigenvalue weighted by Crippen LogP contribution is 2.17. The summed E-state index contributed by atoms with van der Waals surface area (Å²) in [6.45, 7) is 0.0649. The largest absolute Gasteiger partial charge is 0.497 e. The van der Waals surface area contributed by atoms with Crippen molar-refractivity contribution in [2.45, 2.75) is 19.6 Å². The number of hydrogen-bond acceptors (Lipinski definition) is 8. The normalized spacial score (nSPS) is 10.4. The zero-order chi connectivity index (χ0) is 20.5. The standard InChI is InChI=1S/C20H19FN2O6/c1-25-15-6-8-16(9-7-15)26-11-10-20(24)28-13-19-22-18(23-29-19)12-27-17-4-2-14(21)3-5-17/h2-9H,10-13H2,1H3. The highest BCUT2D eigenvalue weighted by atomic mass is 19.1. The van der Waals surface area contributed by atoms with Crippen molar-refractivity contribution in [3.05, 3.63) is 66.1 Å². The number of ether oxygens (including phenoxy) is 4. The lowest BCUT2D eigenvalue weighted by Gasteiger charge is -2.06. The van der Waals surface area contributed by atoms with Gasteiger partial charge in [-0.25, -0.2) is 4.39 Å². The fourth-order valence-corrected chi connectivity index (χ4v) is 2.22. The summed E-state index contributed by atoms with van der Waals surface area (Å²) in [4.78, 5) is 15.8. The predicted octanol–water partition coefficient (Wildman–Crippen LogP) is 3.31. The first-order valence-electron chi connectivity index (χ1n) is 8.74. The molecular weight excluding hydrogens is 383 g/mol. The van der Waals surface area contributed by atoms with Gasteiger partial charge in [-0.05, 0) is 48.5 Å². The molecule has 0 N–H and O–H groups in total. The lowest BCUT2D eigenvalue weighted by molar-refractivity contribution is -0.146. The topological polar surface area (TPSA) is 92.9 Å². The van der Waals surface area contributed by atoms with Gasteiger partial charge in [0.05, 0.1) is 20.1 Å². The second-order valence-electron chi connectivity index (χ2n) is 5.78. The number of methoxy groups -OCH3 is 1. The van der Waals surface area contributed by atoms with Crippen molar-refractivity contribution in [1.29, 1.82) is 0 Å². The SMILES string of the molecule is COc1ccc(OCCC(=O)OCc2nc(COc3ccc(F)cc3)no2)cc1. The first-order valence-corrected chi connectivity index (χ1v) is 8.74. The Morgan fingerprint density at radius 1 is 0.966 bits per heavy atom. The van der Waals surface area contributed by atoms with Crippen LogP contribution in [0.25, 0.3) is 0 Å². The molecule has 29 heavy (non-hydrogen) atoms. The van der Waals surface area contributed by atoms with Gasteiger partial charge < -0.3 is 23.5 Å². The van der Waals surface area contributed by atoms with Gasteiger partial charge in [0.2, 0.25) is 5.82 Å². The predicted molar refractivity (Wildman–Crippen MR) is 97.9 cm³/mol. The van der Waals surface area contributed by atoms with Crippen molar-refractivity contribution >= 4 is 5.97 Å². The maximum absolute atomic E-state index is 12.8. The highest BCUT2D eigenvalue weighted by Gasteiger charge is 2.11. The molecule has 1 heterocycles. The number of benzene rings is 2. The van der Waals surface area contributed by atoms with E-state index < -0.39 is 5.97 Å². The van der Waals surface area contributed by atoms with Gasteiger partial charge in [-0.3, -0.25) is 4.79 Å². The Kier molecular flexibility index (Phi) is 6.99. The summed E-state index contributed by atoms with van der Waals surface area (Å²) in [5, 5.41) is 3.73. The van der Waals surface area contributed by atoms with Crippen molar-refractivity contribution in [1.82, 2.24) is 10.1 Å². The molecular formula is C20H19FN2O6. The van der Waals surface area contributed by atoms with Crippen molar-refractivity contribution in [3.8, 4) is 17.2 Å². The molecule has 0 saturated heterocycles. The minimum absolute atomic E-state index is 0.0405. The van der Waals surface area contributed by atoms with Crippen molar-refractivity contribution < 1.29 is 32.7 Å². The van der Waals surface area contributed by atoms with E-state index in [1.54, 1.807) is 31.4 Å². The molecule has 152 valence electrons. The average Bonchev–Trinajstić information content (AvgIpc) is 3.20. The van der Waals surface area contributed by atoms with Gasteiger partial charge in [0, 0.05) is 0 Å². The summed E-state index contributed by atoms with van der Waals surface area (Å²) in [6, 6.07) is 12.6. The van der Waals surface area contributed by atoms with E-state index in [1.807, 2.05) is 0 Å². The Balaban J connectivity index is 1.35. The third-order valence-corrected chi connectivity index (χ3v) is 3.68.